The molecule has 134 valence electrons. The van der Waals surface area contributed by atoms with E-state index in [0.29, 0.717) is 12.6 Å². The van der Waals surface area contributed by atoms with Gasteiger partial charge in [-0.3, -0.25) is 4.90 Å². The normalized spacial score (nSPS) is 16.6. The van der Waals surface area contributed by atoms with Crippen LogP contribution < -0.4 is 10.1 Å². The van der Waals surface area contributed by atoms with E-state index < -0.39 is 0 Å². The Morgan fingerprint density at radius 1 is 1.04 bits per heavy atom. The summed E-state index contributed by atoms with van der Waals surface area (Å²) in [6, 6.07) is 15.5. The van der Waals surface area contributed by atoms with Gasteiger partial charge in [-0.1, -0.05) is 49.4 Å². The molecule has 1 atom stereocenters. The number of ether oxygens (including phenoxy) is 1. The minimum Gasteiger partial charge on any atom is -0.488 e. The lowest BCUT2D eigenvalue weighted by molar-refractivity contribution is 0.169. The quantitative estimate of drug-likeness (QED) is 0.853. The van der Waals surface area contributed by atoms with Crippen LogP contribution >= 0.6 is 0 Å². The number of piperazine rings is 1. The van der Waals surface area contributed by atoms with E-state index in [4.69, 9.17) is 4.74 Å². The van der Waals surface area contributed by atoms with Crippen molar-refractivity contribution < 1.29 is 4.74 Å². The van der Waals surface area contributed by atoms with Gasteiger partial charge in [0.05, 0.1) is 0 Å². The summed E-state index contributed by atoms with van der Waals surface area (Å²) in [7, 11) is 0. The van der Waals surface area contributed by atoms with Crippen LogP contribution in [-0.4, -0.2) is 31.1 Å². The average molecular weight is 338 g/mol. The fraction of sp³-hybridized carbons (Fsp3) is 0.455. The number of aryl methyl sites for hydroxylation is 2. The highest BCUT2D eigenvalue weighted by Crippen LogP contribution is 2.32. The van der Waals surface area contributed by atoms with E-state index in [9.17, 15) is 0 Å². The fourth-order valence-corrected chi connectivity index (χ4v) is 3.83. The Bertz CT molecular complexity index is 655. The van der Waals surface area contributed by atoms with E-state index >= 15 is 0 Å². The predicted molar refractivity (Wildman–Crippen MR) is 104 cm³/mol. The van der Waals surface area contributed by atoms with Gasteiger partial charge in [-0.2, -0.15) is 0 Å². The van der Waals surface area contributed by atoms with Crippen LogP contribution in [0.4, 0.5) is 0 Å². The third-order valence-electron chi connectivity index (χ3n) is 5.07. The molecule has 0 unspecified atom stereocenters. The maximum Gasteiger partial charge on any atom is 0.125 e. The van der Waals surface area contributed by atoms with E-state index in [-0.39, 0.29) is 0 Å². The number of hydrogen-bond acceptors (Lipinski definition) is 3. The maximum absolute atomic E-state index is 6.14. The third-order valence-corrected chi connectivity index (χ3v) is 5.07. The van der Waals surface area contributed by atoms with Gasteiger partial charge in [-0.15, -0.1) is 0 Å². The molecule has 2 aromatic rings. The van der Waals surface area contributed by atoms with Gasteiger partial charge in [0, 0.05) is 32.2 Å². The first-order valence-electron chi connectivity index (χ1n) is 9.41. The van der Waals surface area contributed by atoms with Crippen molar-refractivity contribution in [3.05, 3.63) is 64.7 Å². The third kappa shape index (κ3) is 4.42. The average Bonchev–Trinajstić information content (AvgIpc) is 2.63. The van der Waals surface area contributed by atoms with Crippen molar-refractivity contribution in [3.8, 4) is 5.75 Å². The molecule has 1 saturated heterocycles. The van der Waals surface area contributed by atoms with Crippen LogP contribution in [0.1, 0.15) is 41.6 Å². The van der Waals surface area contributed by atoms with E-state index in [2.05, 4.69) is 67.4 Å². The maximum atomic E-state index is 6.14. The van der Waals surface area contributed by atoms with Gasteiger partial charge in [-0.05, 0) is 42.5 Å². The number of nitrogens with zero attached hydrogens (tertiary/aromatic N) is 1. The van der Waals surface area contributed by atoms with Crippen LogP contribution in [0.5, 0.6) is 5.75 Å². The molecule has 0 amide bonds. The molecule has 1 aliphatic heterocycles. The number of hydrogen-bond donors (Lipinski definition) is 1. The molecule has 0 bridgehead atoms. The predicted octanol–water partition coefficient (Wildman–Crippen LogP) is 4.24. The molecule has 0 aromatic heterocycles. The lowest BCUT2D eigenvalue weighted by atomic mass is 9.97. The highest BCUT2D eigenvalue weighted by atomic mass is 16.5. The second kappa shape index (κ2) is 8.50. The fourth-order valence-electron chi connectivity index (χ4n) is 3.83. The van der Waals surface area contributed by atoms with Crippen molar-refractivity contribution in [1.82, 2.24) is 10.2 Å². The summed E-state index contributed by atoms with van der Waals surface area (Å²) in [5.41, 5.74) is 5.10. The molecule has 1 heterocycles. The van der Waals surface area contributed by atoms with Crippen LogP contribution in [0.25, 0.3) is 0 Å². The van der Waals surface area contributed by atoms with Gasteiger partial charge in [0.15, 0.2) is 0 Å². The second-order valence-corrected chi connectivity index (χ2v) is 6.97. The summed E-state index contributed by atoms with van der Waals surface area (Å²) in [5, 5.41) is 3.45. The largest absolute Gasteiger partial charge is 0.488 e. The molecule has 2 aromatic carbocycles. The smallest absolute Gasteiger partial charge is 0.125 e. The molecule has 1 fully saturated rings. The van der Waals surface area contributed by atoms with Crippen LogP contribution in [0, 0.1) is 13.8 Å². The van der Waals surface area contributed by atoms with Crippen molar-refractivity contribution in [2.45, 2.75) is 39.8 Å². The minimum absolute atomic E-state index is 0.502. The molecule has 0 radical (unpaired) electrons. The first kappa shape index (κ1) is 18.0. The number of benzene rings is 2. The molecule has 1 aliphatic rings. The van der Waals surface area contributed by atoms with Gasteiger partial charge >= 0.3 is 0 Å². The van der Waals surface area contributed by atoms with Gasteiger partial charge in [0.25, 0.3) is 0 Å². The molecular formula is C22H30N2O. The lowest BCUT2D eigenvalue weighted by Crippen LogP contribution is -2.45. The molecule has 3 rings (SSSR count). The Morgan fingerprint density at radius 2 is 1.68 bits per heavy atom. The Labute approximate surface area is 152 Å². The number of rotatable bonds is 6. The van der Waals surface area contributed by atoms with Gasteiger partial charge in [0.2, 0.25) is 0 Å². The Balaban J connectivity index is 1.76. The van der Waals surface area contributed by atoms with Crippen LogP contribution in [0.3, 0.4) is 0 Å². The summed E-state index contributed by atoms with van der Waals surface area (Å²) >= 11 is 0. The first-order chi connectivity index (χ1) is 12.2. The zero-order chi connectivity index (χ0) is 17.6. The SMILES string of the molecule is CC[C@@H](c1cc(C)c(OCc2ccccc2)c(C)c1)N1CCNCC1. The van der Waals surface area contributed by atoms with E-state index in [1.54, 1.807) is 0 Å². The topological polar surface area (TPSA) is 24.5 Å². The van der Waals surface area contributed by atoms with E-state index in [1.807, 2.05) is 6.07 Å². The van der Waals surface area contributed by atoms with E-state index in [0.717, 1.165) is 38.3 Å². The molecule has 3 nitrogen and oxygen atoms in total. The van der Waals surface area contributed by atoms with Crippen molar-refractivity contribution in [3.63, 3.8) is 0 Å². The molecule has 25 heavy (non-hydrogen) atoms. The molecule has 0 saturated carbocycles. The summed E-state index contributed by atoms with van der Waals surface area (Å²) in [6.45, 7) is 11.7. The van der Waals surface area contributed by atoms with Crippen molar-refractivity contribution in [2.24, 2.45) is 0 Å². The van der Waals surface area contributed by atoms with Crippen molar-refractivity contribution in [2.75, 3.05) is 26.2 Å². The molecule has 0 spiro atoms. The van der Waals surface area contributed by atoms with Crippen LogP contribution in [0.15, 0.2) is 42.5 Å². The van der Waals surface area contributed by atoms with Gasteiger partial charge in [-0.25, -0.2) is 0 Å². The Hall–Kier alpha value is -1.84. The zero-order valence-corrected chi connectivity index (χ0v) is 15.7. The Kier molecular flexibility index (Phi) is 6.11. The zero-order valence-electron chi connectivity index (χ0n) is 15.7. The monoisotopic (exact) mass is 338 g/mol. The minimum atomic E-state index is 0.502. The molecule has 3 heteroatoms. The van der Waals surface area contributed by atoms with Gasteiger partial charge in [0.1, 0.15) is 12.4 Å². The molecule has 0 aliphatic carbocycles. The molecular weight excluding hydrogens is 308 g/mol. The lowest BCUT2D eigenvalue weighted by Gasteiger charge is -2.35. The Morgan fingerprint density at radius 3 is 2.28 bits per heavy atom. The summed E-state index contributed by atoms with van der Waals surface area (Å²) < 4.78 is 6.14. The highest BCUT2D eigenvalue weighted by molar-refractivity contribution is 5.44. The van der Waals surface area contributed by atoms with Crippen molar-refractivity contribution >= 4 is 0 Å². The van der Waals surface area contributed by atoms with Crippen molar-refractivity contribution in [1.29, 1.82) is 0 Å². The number of nitrogens with one attached hydrogen (secondary N) is 1. The second-order valence-electron chi connectivity index (χ2n) is 6.97. The highest BCUT2D eigenvalue weighted by Gasteiger charge is 2.21. The first-order valence-corrected chi connectivity index (χ1v) is 9.41. The van der Waals surface area contributed by atoms with Crippen LogP contribution in [0.2, 0.25) is 0 Å². The summed E-state index contributed by atoms with van der Waals surface area (Å²) in [6.07, 6.45) is 1.14. The van der Waals surface area contributed by atoms with E-state index in [1.165, 1.54) is 22.3 Å². The summed E-state index contributed by atoms with van der Waals surface area (Å²) in [5.74, 6) is 1.03. The standard InChI is InChI=1S/C22H30N2O/c1-4-21(24-12-10-23-11-13-24)20-14-17(2)22(18(3)15-20)25-16-19-8-6-5-7-9-19/h5-9,14-15,21,23H,4,10-13,16H2,1-3H3/t21-/m0/s1. The summed E-state index contributed by atoms with van der Waals surface area (Å²) in [4.78, 5) is 2.61. The van der Waals surface area contributed by atoms with Crippen LogP contribution in [-0.2, 0) is 6.61 Å². The van der Waals surface area contributed by atoms with Gasteiger partial charge < -0.3 is 10.1 Å². The molecule has 1 N–H and O–H groups in total.